The molecule has 0 bridgehead atoms. The highest BCUT2D eigenvalue weighted by Gasteiger charge is 2.26. The van der Waals surface area contributed by atoms with Gasteiger partial charge in [-0.3, -0.25) is 4.79 Å². The largest absolute Gasteiger partial charge is 0.490 e. The van der Waals surface area contributed by atoms with Gasteiger partial charge in [0.1, 0.15) is 17.7 Å². The molecule has 1 amide bonds. The minimum Gasteiger partial charge on any atom is -0.490 e. The molecule has 1 fully saturated rings. The Morgan fingerprint density at radius 3 is 2.63 bits per heavy atom. The number of aliphatic hydroxyl groups is 1. The Kier molecular flexibility index (Phi) is 4.74. The fourth-order valence-corrected chi connectivity index (χ4v) is 3.75. The summed E-state index contributed by atoms with van der Waals surface area (Å²) < 4.78 is 6.11. The van der Waals surface area contributed by atoms with Crippen LogP contribution in [0.3, 0.4) is 0 Å². The number of hydrogen-bond donors (Lipinski definition) is 2. The molecule has 1 aromatic heterocycles. The third kappa shape index (κ3) is 3.62. The lowest BCUT2D eigenvalue weighted by Gasteiger charge is -2.34. The summed E-state index contributed by atoms with van der Waals surface area (Å²) in [7, 11) is 0. The molecule has 0 saturated carbocycles. The van der Waals surface area contributed by atoms with Gasteiger partial charge in [-0.1, -0.05) is 12.1 Å². The van der Waals surface area contributed by atoms with E-state index in [9.17, 15) is 9.90 Å². The normalized spacial score (nSPS) is 18.2. The number of anilines is 1. The van der Waals surface area contributed by atoms with Crippen molar-refractivity contribution in [2.45, 2.75) is 45.4 Å². The fraction of sp³-hybridized carbons (Fsp3) is 0.429. The van der Waals surface area contributed by atoms with Gasteiger partial charge in [0.05, 0.1) is 23.9 Å². The van der Waals surface area contributed by atoms with Crippen molar-refractivity contribution in [2.24, 2.45) is 0 Å². The summed E-state index contributed by atoms with van der Waals surface area (Å²) in [5.74, 6) is 1.79. The molecule has 27 heavy (non-hydrogen) atoms. The molecule has 0 aliphatic carbocycles. The number of hydrogen-bond acceptors (Lipinski definition) is 5. The maximum Gasteiger partial charge on any atom is 0.253 e. The van der Waals surface area contributed by atoms with Crippen molar-refractivity contribution in [3.05, 3.63) is 52.7 Å². The lowest BCUT2D eigenvalue weighted by molar-refractivity contribution is 0.0965. The number of ether oxygens (including phenoxy) is 1. The second-order valence-electron chi connectivity index (χ2n) is 7.36. The summed E-state index contributed by atoms with van der Waals surface area (Å²) in [6.07, 6.45) is 1.56. The van der Waals surface area contributed by atoms with E-state index in [2.05, 4.69) is 10.2 Å². The van der Waals surface area contributed by atoms with E-state index in [1.807, 2.05) is 37.3 Å². The third-order valence-corrected chi connectivity index (χ3v) is 5.33. The monoisotopic (exact) mass is 367 g/mol. The van der Waals surface area contributed by atoms with E-state index >= 15 is 0 Å². The molecule has 3 heterocycles. The number of aromatic nitrogens is 1. The second-order valence-corrected chi connectivity index (χ2v) is 7.36. The Hall–Kier alpha value is -2.60. The third-order valence-electron chi connectivity index (χ3n) is 5.33. The number of aliphatic hydroxyl groups excluding tert-OH is 1. The number of carbonyl (C=O) groups excluding carboxylic acids is 1. The zero-order chi connectivity index (χ0) is 19.0. The summed E-state index contributed by atoms with van der Waals surface area (Å²) in [6.45, 7) is 6.05. The predicted octanol–water partition coefficient (Wildman–Crippen LogP) is 2.73. The molecule has 0 spiro atoms. The molecule has 6 heteroatoms. The van der Waals surface area contributed by atoms with Crippen molar-refractivity contribution >= 4 is 11.7 Å². The molecule has 4 rings (SSSR count). The summed E-state index contributed by atoms with van der Waals surface area (Å²) in [5, 5.41) is 12.4. The molecule has 142 valence electrons. The van der Waals surface area contributed by atoms with E-state index in [0.29, 0.717) is 12.1 Å². The van der Waals surface area contributed by atoms with E-state index in [4.69, 9.17) is 9.72 Å². The molecule has 2 aliphatic rings. The van der Waals surface area contributed by atoms with E-state index in [0.717, 1.165) is 54.3 Å². The van der Waals surface area contributed by atoms with Crippen LogP contribution in [-0.2, 0) is 6.54 Å². The Labute approximate surface area is 159 Å². The molecule has 2 aliphatic heterocycles. The van der Waals surface area contributed by atoms with Crippen LogP contribution in [0.1, 0.15) is 53.0 Å². The SMILES string of the molecule is Cc1cc2c(nc1N1CCC(Oc3ccc([C@@H](C)O)cc3)CC1)CNC2=O. The average molecular weight is 367 g/mol. The number of rotatable bonds is 4. The molecular formula is C21H25N3O3. The van der Waals surface area contributed by atoms with E-state index in [1.165, 1.54) is 0 Å². The lowest BCUT2D eigenvalue weighted by atomic mass is 10.1. The van der Waals surface area contributed by atoms with Gasteiger partial charge in [-0.05, 0) is 43.2 Å². The van der Waals surface area contributed by atoms with Crippen LogP contribution >= 0.6 is 0 Å². The molecule has 1 saturated heterocycles. The zero-order valence-electron chi connectivity index (χ0n) is 15.7. The average Bonchev–Trinajstić information content (AvgIpc) is 3.02. The van der Waals surface area contributed by atoms with Crippen molar-refractivity contribution in [1.82, 2.24) is 10.3 Å². The van der Waals surface area contributed by atoms with Crippen molar-refractivity contribution in [3.8, 4) is 5.75 Å². The van der Waals surface area contributed by atoms with Crippen molar-refractivity contribution in [1.29, 1.82) is 0 Å². The highest BCUT2D eigenvalue weighted by Crippen LogP contribution is 2.27. The number of aryl methyl sites for hydroxylation is 1. The van der Waals surface area contributed by atoms with Gasteiger partial charge >= 0.3 is 0 Å². The van der Waals surface area contributed by atoms with Gasteiger partial charge in [-0.15, -0.1) is 0 Å². The first-order chi connectivity index (χ1) is 13.0. The van der Waals surface area contributed by atoms with Gasteiger partial charge in [0, 0.05) is 25.9 Å². The van der Waals surface area contributed by atoms with Gasteiger partial charge in [0.25, 0.3) is 5.91 Å². The van der Waals surface area contributed by atoms with E-state index < -0.39 is 6.10 Å². The molecular weight excluding hydrogens is 342 g/mol. The maximum atomic E-state index is 11.8. The van der Waals surface area contributed by atoms with Gasteiger partial charge in [-0.25, -0.2) is 4.98 Å². The number of nitrogens with one attached hydrogen (secondary N) is 1. The molecule has 1 atom stereocenters. The van der Waals surface area contributed by atoms with Crippen LogP contribution in [0.15, 0.2) is 30.3 Å². The predicted molar refractivity (Wildman–Crippen MR) is 103 cm³/mol. The first-order valence-electron chi connectivity index (χ1n) is 9.49. The summed E-state index contributed by atoms with van der Waals surface area (Å²) in [4.78, 5) is 18.8. The Bertz CT molecular complexity index is 840. The number of piperidine rings is 1. The first-order valence-corrected chi connectivity index (χ1v) is 9.49. The Morgan fingerprint density at radius 2 is 1.96 bits per heavy atom. The Balaban J connectivity index is 1.38. The number of benzene rings is 1. The number of carbonyl (C=O) groups is 1. The molecule has 6 nitrogen and oxygen atoms in total. The molecule has 0 radical (unpaired) electrons. The quantitative estimate of drug-likeness (QED) is 0.869. The first kappa shape index (κ1) is 17.8. The van der Waals surface area contributed by atoms with E-state index in [-0.39, 0.29) is 12.0 Å². The van der Waals surface area contributed by atoms with Crippen LogP contribution < -0.4 is 15.0 Å². The van der Waals surface area contributed by atoms with Crippen LogP contribution in [0.2, 0.25) is 0 Å². The summed E-state index contributed by atoms with van der Waals surface area (Å²) in [6, 6.07) is 9.60. The minimum atomic E-state index is -0.462. The van der Waals surface area contributed by atoms with Gasteiger partial charge in [-0.2, -0.15) is 0 Å². The van der Waals surface area contributed by atoms with Gasteiger partial charge in [0.2, 0.25) is 0 Å². The number of fused-ring (bicyclic) bond motifs is 1. The van der Waals surface area contributed by atoms with Crippen molar-refractivity contribution in [2.75, 3.05) is 18.0 Å². The van der Waals surface area contributed by atoms with Gasteiger partial charge in [0.15, 0.2) is 0 Å². The molecule has 2 aromatic rings. The zero-order valence-corrected chi connectivity index (χ0v) is 15.7. The highest BCUT2D eigenvalue weighted by molar-refractivity contribution is 5.98. The standard InChI is InChI=1S/C21H25N3O3/c1-13-11-18-19(12-22-21(18)26)23-20(13)24-9-7-17(8-10-24)27-16-5-3-15(4-6-16)14(2)25/h3-6,11,14,17,25H,7-10,12H2,1-2H3,(H,22,26)/t14-/m1/s1. The van der Waals surface area contributed by atoms with Crippen LogP contribution in [0.4, 0.5) is 5.82 Å². The number of nitrogens with zero attached hydrogens (tertiary/aromatic N) is 2. The smallest absolute Gasteiger partial charge is 0.253 e. The van der Waals surface area contributed by atoms with E-state index in [1.54, 1.807) is 6.92 Å². The number of pyridine rings is 1. The van der Waals surface area contributed by atoms with Crippen LogP contribution in [0, 0.1) is 6.92 Å². The lowest BCUT2D eigenvalue weighted by Crippen LogP contribution is -2.39. The summed E-state index contributed by atoms with van der Waals surface area (Å²) in [5.41, 5.74) is 3.48. The topological polar surface area (TPSA) is 74.7 Å². The summed E-state index contributed by atoms with van der Waals surface area (Å²) >= 11 is 0. The number of amides is 1. The van der Waals surface area contributed by atoms with Crippen LogP contribution in [0.5, 0.6) is 5.75 Å². The molecule has 1 aromatic carbocycles. The van der Waals surface area contributed by atoms with Gasteiger partial charge < -0.3 is 20.1 Å². The fourth-order valence-electron chi connectivity index (χ4n) is 3.75. The second kappa shape index (κ2) is 7.19. The molecule has 0 unspecified atom stereocenters. The molecule has 2 N–H and O–H groups in total. The highest BCUT2D eigenvalue weighted by atomic mass is 16.5. The van der Waals surface area contributed by atoms with Crippen LogP contribution in [-0.4, -0.2) is 35.2 Å². The Morgan fingerprint density at radius 1 is 1.26 bits per heavy atom. The van der Waals surface area contributed by atoms with Crippen molar-refractivity contribution in [3.63, 3.8) is 0 Å². The minimum absolute atomic E-state index is 0.0270. The van der Waals surface area contributed by atoms with Crippen molar-refractivity contribution < 1.29 is 14.6 Å². The maximum absolute atomic E-state index is 11.8. The van der Waals surface area contributed by atoms with Crippen LogP contribution in [0.25, 0.3) is 0 Å².